The zero-order chi connectivity index (χ0) is 13.7. The Labute approximate surface area is 115 Å². The maximum atomic E-state index is 11.8. The summed E-state index contributed by atoms with van der Waals surface area (Å²) in [4.78, 5) is 13.7. The second-order valence-electron chi connectivity index (χ2n) is 4.65. The van der Waals surface area contributed by atoms with Crippen LogP contribution in [0.4, 0.5) is 4.79 Å². The molecule has 2 fully saturated rings. The predicted molar refractivity (Wildman–Crippen MR) is 75.7 cm³/mol. The number of amides is 1. The van der Waals surface area contributed by atoms with Gasteiger partial charge in [-0.05, 0) is 18.4 Å². The van der Waals surface area contributed by atoms with Crippen LogP contribution in [-0.2, 0) is 4.74 Å². The summed E-state index contributed by atoms with van der Waals surface area (Å²) in [7, 11) is 0. The van der Waals surface area contributed by atoms with E-state index in [9.17, 15) is 4.79 Å². The third kappa shape index (κ3) is 2.86. The van der Waals surface area contributed by atoms with Gasteiger partial charge in [-0.2, -0.15) is 0 Å². The van der Waals surface area contributed by atoms with Crippen LogP contribution >= 0.6 is 0 Å². The molecule has 2 atom stereocenters. The van der Waals surface area contributed by atoms with E-state index in [1.165, 1.54) is 0 Å². The van der Waals surface area contributed by atoms with E-state index in [-0.39, 0.29) is 18.2 Å². The van der Waals surface area contributed by atoms with Crippen LogP contribution < -0.4 is 0 Å². The predicted octanol–water partition coefficient (Wildman–Crippen LogP) is 3.96. The first-order valence-electron chi connectivity index (χ1n) is 7.20. The molecule has 3 heteroatoms. The lowest BCUT2D eigenvalue weighted by atomic mass is 9.98. The lowest BCUT2D eigenvalue weighted by molar-refractivity contribution is 0.129. The van der Waals surface area contributed by atoms with Gasteiger partial charge in [0, 0.05) is 0 Å². The van der Waals surface area contributed by atoms with Crippen LogP contribution in [0.5, 0.6) is 0 Å². The molecule has 0 radical (unpaired) electrons. The summed E-state index contributed by atoms with van der Waals surface area (Å²) >= 11 is 0. The van der Waals surface area contributed by atoms with Gasteiger partial charge in [-0.15, -0.1) is 0 Å². The number of nitrogens with zero attached hydrogens (tertiary/aromatic N) is 1. The van der Waals surface area contributed by atoms with Crippen molar-refractivity contribution in [2.75, 3.05) is 6.54 Å². The van der Waals surface area contributed by atoms with Crippen LogP contribution in [0.3, 0.4) is 0 Å². The van der Waals surface area contributed by atoms with Crippen molar-refractivity contribution >= 4 is 6.09 Å². The number of hydrogen-bond acceptors (Lipinski definition) is 2. The second-order valence-corrected chi connectivity index (χ2v) is 4.65. The van der Waals surface area contributed by atoms with E-state index in [0.29, 0.717) is 0 Å². The van der Waals surface area contributed by atoms with Gasteiger partial charge in [0.2, 0.25) is 0 Å². The van der Waals surface area contributed by atoms with Gasteiger partial charge in [-0.1, -0.05) is 44.2 Å². The third-order valence-corrected chi connectivity index (χ3v) is 3.57. The van der Waals surface area contributed by atoms with Gasteiger partial charge in [0.1, 0.15) is 6.10 Å². The highest BCUT2D eigenvalue weighted by Gasteiger charge is 2.44. The van der Waals surface area contributed by atoms with E-state index in [4.69, 9.17) is 4.74 Å². The molecular formula is C16H22NO2+. The molecule has 0 aliphatic carbocycles. The van der Waals surface area contributed by atoms with Crippen molar-refractivity contribution in [2.45, 2.75) is 45.3 Å². The minimum absolute atomic E-state index is 0.0878. The molecule has 0 N–H and O–H groups in total. The number of rotatable bonds is 1. The van der Waals surface area contributed by atoms with Crippen molar-refractivity contribution in [1.29, 1.82) is 0 Å². The van der Waals surface area contributed by atoms with Gasteiger partial charge in [-0.3, -0.25) is 4.90 Å². The molecule has 0 aromatic heterocycles. The highest BCUT2D eigenvalue weighted by Crippen LogP contribution is 2.36. The van der Waals surface area contributed by atoms with Crippen molar-refractivity contribution in [3.05, 3.63) is 42.3 Å². The molecular weight excluding hydrogens is 238 g/mol. The first kappa shape index (κ1) is 13.8. The van der Waals surface area contributed by atoms with Crippen molar-refractivity contribution in [3.8, 4) is 0 Å². The fraction of sp³-hybridized carbons (Fsp3) is 0.500. The van der Waals surface area contributed by atoms with Crippen LogP contribution in [0.25, 0.3) is 0 Å². The van der Waals surface area contributed by atoms with Crippen LogP contribution in [0.1, 0.15) is 44.8 Å². The zero-order valence-electron chi connectivity index (χ0n) is 11.7. The minimum Gasteiger partial charge on any atom is -0.439 e. The number of carbonyl (C=O) groups is 1. The summed E-state index contributed by atoms with van der Waals surface area (Å²) in [6.45, 7) is 4.73. The highest BCUT2D eigenvalue weighted by molar-refractivity contribution is 5.71. The summed E-state index contributed by atoms with van der Waals surface area (Å²) in [6.07, 6.45) is 5.19. The molecule has 2 aliphatic heterocycles. The lowest BCUT2D eigenvalue weighted by Crippen LogP contribution is -2.33. The number of ether oxygens (including phenoxy) is 1. The minimum atomic E-state index is -0.165. The number of hydrogen-bond donors (Lipinski definition) is 0. The Morgan fingerprint density at radius 1 is 1.26 bits per heavy atom. The molecule has 1 aromatic rings. The molecule has 3 rings (SSSR count). The fourth-order valence-electron chi connectivity index (χ4n) is 2.71. The Morgan fingerprint density at radius 3 is 2.74 bits per heavy atom. The number of fused-ring (bicyclic) bond motifs is 1. The average molecular weight is 260 g/mol. The molecule has 2 heterocycles. The van der Waals surface area contributed by atoms with E-state index < -0.39 is 0 Å². The van der Waals surface area contributed by atoms with E-state index in [2.05, 4.69) is 6.42 Å². The Bertz CT molecular complexity index is 404. The molecule has 2 saturated heterocycles. The second kappa shape index (κ2) is 6.50. The molecule has 0 spiro atoms. The topological polar surface area (TPSA) is 29.5 Å². The Balaban J connectivity index is 0.000000637. The lowest BCUT2D eigenvalue weighted by Gasteiger charge is -2.19. The van der Waals surface area contributed by atoms with Crippen LogP contribution in [0.2, 0.25) is 0 Å². The molecule has 1 amide bonds. The van der Waals surface area contributed by atoms with Crippen LogP contribution in [0, 0.1) is 6.42 Å². The summed E-state index contributed by atoms with van der Waals surface area (Å²) in [5.41, 5.74) is 1.11. The first-order chi connectivity index (χ1) is 9.36. The first-order valence-corrected chi connectivity index (χ1v) is 7.20. The largest absolute Gasteiger partial charge is 0.439 e. The molecule has 19 heavy (non-hydrogen) atoms. The maximum absolute atomic E-state index is 11.8. The average Bonchev–Trinajstić information content (AvgIpc) is 2.67. The van der Waals surface area contributed by atoms with Gasteiger partial charge in [0.25, 0.3) is 0 Å². The highest BCUT2D eigenvalue weighted by atomic mass is 16.6. The van der Waals surface area contributed by atoms with E-state index in [1.807, 2.05) is 49.1 Å². The summed E-state index contributed by atoms with van der Waals surface area (Å²) in [6, 6.07) is 10.3. The summed E-state index contributed by atoms with van der Waals surface area (Å²) in [5.74, 6) is 0. The zero-order valence-corrected chi connectivity index (χ0v) is 11.7. The molecule has 3 nitrogen and oxygen atoms in total. The van der Waals surface area contributed by atoms with Crippen molar-refractivity contribution in [1.82, 2.24) is 4.90 Å². The van der Waals surface area contributed by atoms with Crippen molar-refractivity contribution < 1.29 is 9.53 Å². The smallest absolute Gasteiger partial charge is 0.414 e. The molecule has 2 unspecified atom stereocenters. The monoisotopic (exact) mass is 260 g/mol. The molecule has 102 valence electrons. The van der Waals surface area contributed by atoms with Gasteiger partial charge >= 0.3 is 6.09 Å². The standard InChI is InChI=1S/C14H16NO2.C2H6/c16-14-15-10-6-2-5-9-12(15)13(17-14)11-7-3-1-4-8-11;1-2/h1,3-4,6-8,12-13H,2,5,9-10H2;1-2H3/q+1;. The normalized spacial score (nSPS) is 25.4. The summed E-state index contributed by atoms with van der Waals surface area (Å²) in [5, 5.41) is 0. The quantitative estimate of drug-likeness (QED) is 0.715. The Morgan fingerprint density at radius 2 is 2.00 bits per heavy atom. The van der Waals surface area contributed by atoms with Gasteiger partial charge < -0.3 is 4.74 Å². The van der Waals surface area contributed by atoms with Gasteiger partial charge in [0.05, 0.1) is 18.9 Å². The third-order valence-electron chi connectivity index (χ3n) is 3.57. The Hall–Kier alpha value is -1.64. The van der Waals surface area contributed by atoms with Crippen LogP contribution in [0.15, 0.2) is 30.3 Å². The van der Waals surface area contributed by atoms with E-state index in [1.54, 1.807) is 0 Å². The maximum Gasteiger partial charge on any atom is 0.414 e. The molecule has 1 aromatic carbocycles. The van der Waals surface area contributed by atoms with Crippen molar-refractivity contribution in [3.63, 3.8) is 0 Å². The summed E-state index contributed by atoms with van der Waals surface area (Å²) < 4.78 is 5.52. The fourth-order valence-corrected chi connectivity index (χ4v) is 2.71. The van der Waals surface area contributed by atoms with E-state index >= 15 is 0 Å². The Kier molecular flexibility index (Phi) is 4.72. The molecule has 0 bridgehead atoms. The molecule has 2 aliphatic rings. The van der Waals surface area contributed by atoms with Gasteiger partial charge in [-0.25, -0.2) is 4.79 Å². The van der Waals surface area contributed by atoms with E-state index in [0.717, 1.165) is 31.4 Å². The molecule has 0 saturated carbocycles. The van der Waals surface area contributed by atoms with Gasteiger partial charge in [0.15, 0.2) is 6.54 Å². The SMILES string of the molecule is CC.O=C1OC(c2ccccc2)C2CCC[CH+]CN12. The number of benzene rings is 1. The van der Waals surface area contributed by atoms with Crippen LogP contribution in [-0.4, -0.2) is 23.6 Å². The number of carbonyl (C=O) groups excluding carboxylic acids is 1. The number of cyclic esters (lactones) is 1. The van der Waals surface area contributed by atoms with Crippen molar-refractivity contribution in [2.24, 2.45) is 0 Å².